The monoisotopic (exact) mass is 401 g/mol. The van der Waals surface area contributed by atoms with Crippen LogP contribution in [0.3, 0.4) is 0 Å². The third-order valence-corrected chi connectivity index (χ3v) is 4.01. The minimum Gasteiger partial charge on any atom is -0.465 e. The van der Waals surface area contributed by atoms with Gasteiger partial charge in [0.15, 0.2) is 0 Å². The molecule has 0 saturated heterocycles. The zero-order valence-electron chi connectivity index (χ0n) is 13.0. The van der Waals surface area contributed by atoms with Crippen molar-refractivity contribution < 1.29 is 18.7 Å². The van der Waals surface area contributed by atoms with E-state index in [9.17, 15) is 14.4 Å². The number of esters is 1. The molecule has 0 aliphatic rings. The Kier molecular flexibility index (Phi) is 4.67. The number of benzene rings is 2. The highest BCUT2D eigenvalue weighted by Gasteiger charge is 2.18. The topological polar surface area (TPSA) is 85.6 Å². The van der Waals surface area contributed by atoms with Crippen LogP contribution in [-0.4, -0.2) is 19.0 Å². The molecule has 126 valence electrons. The minimum atomic E-state index is -0.757. The largest absolute Gasteiger partial charge is 0.465 e. The van der Waals surface area contributed by atoms with Crippen molar-refractivity contribution in [3.63, 3.8) is 0 Å². The summed E-state index contributed by atoms with van der Waals surface area (Å²) in [6.45, 7) is 0. The fourth-order valence-electron chi connectivity index (χ4n) is 2.31. The van der Waals surface area contributed by atoms with Crippen molar-refractivity contribution in [2.45, 2.75) is 0 Å². The molecule has 0 atom stereocenters. The fraction of sp³-hybridized carbons (Fsp3) is 0.0556. The van der Waals surface area contributed by atoms with Gasteiger partial charge in [0.2, 0.25) is 0 Å². The van der Waals surface area contributed by atoms with Crippen LogP contribution < -0.4 is 10.9 Å². The minimum absolute atomic E-state index is 0.155. The molecule has 1 amide bonds. The summed E-state index contributed by atoms with van der Waals surface area (Å²) in [4.78, 5) is 36.4. The number of ether oxygens (including phenoxy) is 1. The molecular weight excluding hydrogens is 390 g/mol. The van der Waals surface area contributed by atoms with Gasteiger partial charge in [-0.2, -0.15) is 0 Å². The van der Waals surface area contributed by atoms with Crippen LogP contribution >= 0.6 is 15.9 Å². The number of amides is 1. The smallest absolute Gasteiger partial charge is 0.349 e. The van der Waals surface area contributed by atoms with Gasteiger partial charge in [-0.15, -0.1) is 0 Å². The van der Waals surface area contributed by atoms with Crippen molar-refractivity contribution in [2.24, 2.45) is 0 Å². The van der Waals surface area contributed by atoms with E-state index in [1.165, 1.54) is 25.3 Å². The molecule has 0 bridgehead atoms. The summed E-state index contributed by atoms with van der Waals surface area (Å²) in [5, 5.41) is 3.18. The Morgan fingerprint density at radius 2 is 1.84 bits per heavy atom. The maximum Gasteiger partial charge on any atom is 0.349 e. The van der Waals surface area contributed by atoms with E-state index in [1.54, 1.807) is 30.3 Å². The summed E-state index contributed by atoms with van der Waals surface area (Å²) in [7, 11) is 1.24. The first-order valence-corrected chi connectivity index (χ1v) is 8.01. The Labute approximate surface area is 150 Å². The number of carbonyl (C=O) groups is 2. The van der Waals surface area contributed by atoms with E-state index in [4.69, 9.17) is 9.15 Å². The molecule has 1 aromatic heterocycles. The predicted octanol–water partition coefficient (Wildman–Crippen LogP) is 3.59. The molecular formula is C18H12BrNO5. The second-order valence-electron chi connectivity index (χ2n) is 5.12. The Morgan fingerprint density at radius 1 is 1.08 bits per heavy atom. The van der Waals surface area contributed by atoms with E-state index >= 15 is 0 Å². The van der Waals surface area contributed by atoms with Crippen LogP contribution in [0.5, 0.6) is 0 Å². The van der Waals surface area contributed by atoms with E-state index < -0.39 is 17.5 Å². The summed E-state index contributed by atoms with van der Waals surface area (Å²) in [6.07, 6.45) is 0. The normalized spacial score (nSPS) is 10.5. The molecule has 1 heterocycles. The van der Waals surface area contributed by atoms with Gasteiger partial charge in [0.05, 0.1) is 18.4 Å². The first-order valence-electron chi connectivity index (χ1n) is 7.21. The number of hydrogen-bond acceptors (Lipinski definition) is 5. The van der Waals surface area contributed by atoms with E-state index in [0.29, 0.717) is 15.4 Å². The Bertz CT molecular complexity index is 1040. The highest BCUT2D eigenvalue weighted by Crippen LogP contribution is 2.23. The SMILES string of the molecule is COC(=O)c1cc(Br)ccc1NC(=O)c1cc2ccccc2oc1=O. The number of anilines is 1. The molecule has 0 fully saturated rings. The second-order valence-corrected chi connectivity index (χ2v) is 6.04. The molecule has 0 spiro atoms. The number of carbonyl (C=O) groups excluding carboxylic acids is 2. The van der Waals surface area contributed by atoms with Crippen molar-refractivity contribution in [3.05, 3.63) is 74.6 Å². The molecule has 0 aliphatic heterocycles. The van der Waals surface area contributed by atoms with Gasteiger partial charge in [-0.25, -0.2) is 9.59 Å². The van der Waals surface area contributed by atoms with Crippen molar-refractivity contribution in [3.8, 4) is 0 Å². The molecule has 0 saturated carbocycles. The molecule has 2 aromatic carbocycles. The van der Waals surface area contributed by atoms with E-state index in [1.807, 2.05) is 0 Å². The van der Waals surface area contributed by atoms with Gasteiger partial charge in [-0.05, 0) is 30.3 Å². The summed E-state index contributed by atoms with van der Waals surface area (Å²) in [5.41, 5.74) is -0.128. The standard InChI is InChI=1S/C18H12BrNO5/c1-24-17(22)12-9-11(19)6-7-14(12)20-16(21)13-8-10-4-2-3-5-15(10)25-18(13)23/h2-9H,1H3,(H,20,21). The molecule has 0 radical (unpaired) electrons. The van der Waals surface area contributed by atoms with Crippen LogP contribution in [0.2, 0.25) is 0 Å². The predicted molar refractivity (Wildman–Crippen MR) is 95.9 cm³/mol. The number of halogens is 1. The van der Waals surface area contributed by atoms with Gasteiger partial charge in [-0.1, -0.05) is 34.1 Å². The number of nitrogens with one attached hydrogen (secondary N) is 1. The number of para-hydroxylation sites is 1. The summed E-state index contributed by atoms with van der Waals surface area (Å²) in [5.74, 6) is -1.28. The lowest BCUT2D eigenvalue weighted by atomic mass is 10.1. The highest BCUT2D eigenvalue weighted by molar-refractivity contribution is 9.10. The van der Waals surface area contributed by atoms with Crippen molar-refractivity contribution in [2.75, 3.05) is 12.4 Å². The van der Waals surface area contributed by atoms with Crippen molar-refractivity contribution in [1.82, 2.24) is 0 Å². The van der Waals surface area contributed by atoms with Gasteiger partial charge in [0, 0.05) is 9.86 Å². The maximum absolute atomic E-state index is 12.5. The number of rotatable bonds is 3. The van der Waals surface area contributed by atoms with E-state index in [-0.39, 0.29) is 16.8 Å². The van der Waals surface area contributed by atoms with E-state index in [0.717, 1.165) is 0 Å². The van der Waals surface area contributed by atoms with Crippen LogP contribution in [0.15, 0.2) is 62.2 Å². The average molecular weight is 402 g/mol. The first-order chi connectivity index (χ1) is 12.0. The van der Waals surface area contributed by atoms with Crippen LogP contribution in [0.4, 0.5) is 5.69 Å². The quantitative estimate of drug-likeness (QED) is 0.535. The third-order valence-electron chi connectivity index (χ3n) is 3.52. The lowest BCUT2D eigenvalue weighted by Gasteiger charge is -2.10. The lowest BCUT2D eigenvalue weighted by molar-refractivity contribution is 0.0602. The average Bonchev–Trinajstić information content (AvgIpc) is 2.61. The highest BCUT2D eigenvalue weighted by atomic mass is 79.9. The van der Waals surface area contributed by atoms with Gasteiger partial charge in [-0.3, -0.25) is 4.79 Å². The molecule has 6 nitrogen and oxygen atoms in total. The molecule has 3 aromatic rings. The molecule has 1 N–H and O–H groups in total. The molecule has 3 rings (SSSR count). The lowest BCUT2D eigenvalue weighted by Crippen LogP contribution is -2.22. The van der Waals surface area contributed by atoms with Crippen LogP contribution in [0, 0.1) is 0 Å². The fourth-order valence-corrected chi connectivity index (χ4v) is 2.68. The second kappa shape index (κ2) is 6.90. The summed E-state index contributed by atoms with van der Waals surface area (Å²) < 4.78 is 10.5. The Morgan fingerprint density at radius 3 is 2.60 bits per heavy atom. The number of hydrogen-bond donors (Lipinski definition) is 1. The molecule has 25 heavy (non-hydrogen) atoms. The van der Waals surface area contributed by atoms with Crippen LogP contribution in [0.1, 0.15) is 20.7 Å². The maximum atomic E-state index is 12.5. The van der Waals surface area contributed by atoms with Gasteiger partial charge >= 0.3 is 11.6 Å². The van der Waals surface area contributed by atoms with Gasteiger partial charge < -0.3 is 14.5 Å². The zero-order chi connectivity index (χ0) is 18.0. The van der Waals surface area contributed by atoms with Crippen molar-refractivity contribution >= 4 is 44.5 Å². The summed E-state index contributed by atoms with van der Waals surface area (Å²) in [6, 6.07) is 13.0. The molecule has 7 heteroatoms. The Hall–Kier alpha value is -2.93. The van der Waals surface area contributed by atoms with Gasteiger partial charge in [0.25, 0.3) is 5.91 Å². The molecule has 0 aliphatic carbocycles. The van der Waals surface area contributed by atoms with Crippen LogP contribution in [-0.2, 0) is 4.74 Å². The van der Waals surface area contributed by atoms with Crippen molar-refractivity contribution in [1.29, 1.82) is 0 Å². The van der Waals surface area contributed by atoms with E-state index in [2.05, 4.69) is 21.2 Å². The zero-order valence-corrected chi connectivity index (χ0v) is 14.6. The number of fused-ring (bicyclic) bond motifs is 1. The Balaban J connectivity index is 2.00. The molecule has 0 unspecified atom stereocenters. The third kappa shape index (κ3) is 3.46. The van der Waals surface area contributed by atoms with Gasteiger partial charge in [0.1, 0.15) is 11.1 Å². The number of methoxy groups -OCH3 is 1. The summed E-state index contributed by atoms with van der Waals surface area (Å²) >= 11 is 3.26. The van der Waals surface area contributed by atoms with Crippen LogP contribution in [0.25, 0.3) is 11.0 Å². The first kappa shape index (κ1) is 16.9.